The predicted octanol–water partition coefficient (Wildman–Crippen LogP) is 2.44. The fourth-order valence-corrected chi connectivity index (χ4v) is 1.83. The molecule has 1 aromatic heterocycles. The monoisotopic (exact) mass is 247 g/mol. The van der Waals surface area contributed by atoms with Gasteiger partial charge in [-0.3, -0.25) is 0 Å². The number of rotatable bonds is 4. The highest BCUT2D eigenvalue weighted by molar-refractivity contribution is 5.55. The van der Waals surface area contributed by atoms with Crippen LogP contribution in [0.4, 0.5) is 4.39 Å². The van der Waals surface area contributed by atoms with Crippen LogP contribution >= 0.6 is 0 Å². The molecule has 1 aromatic carbocycles. The molecule has 4 nitrogen and oxygen atoms in total. The van der Waals surface area contributed by atoms with Crippen LogP contribution in [-0.2, 0) is 6.54 Å². The Balaban J connectivity index is 1.78. The van der Waals surface area contributed by atoms with Crippen molar-refractivity contribution < 1.29 is 8.91 Å². The lowest BCUT2D eigenvalue weighted by molar-refractivity contribution is 0.367. The highest BCUT2D eigenvalue weighted by atomic mass is 19.1. The third-order valence-corrected chi connectivity index (χ3v) is 2.89. The molecule has 3 rings (SSSR count). The summed E-state index contributed by atoms with van der Waals surface area (Å²) >= 11 is 0. The first-order valence-electron chi connectivity index (χ1n) is 6.04. The molecule has 1 aliphatic rings. The molecule has 1 N–H and O–H groups in total. The number of nitrogens with one attached hydrogen (secondary N) is 1. The van der Waals surface area contributed by atoms with Crippen LogP contribution < -0.4 is 5.32 Å². The van der Waals surface area contributed by atoms with E-state index in [0.29, 0.717) is 29.9 Å². The Kier molecular flexibility index (Phi) is 2.83. The molecule has 0 spiro atoms. The SMILES string of the molecule is Cc1cc(F)cc(-c2noc(CNC3CC3)n2)c1. The zero-order chi connectivity index (χ0) is 12.5. The Hall–Kier alpha value is -1.75. The largest absolute Gasteiger partial charge is 0.338 e. The number of halogens is 1. The molecule has 0 aliphatic heterocycles. The molecule has 1 heterocycles. The van der Waals surface area contributed by atoms with Gasteiger partial charge in [-0.25, -0.2) is 4.39 Å². The van der Waals surface area contributed by atoms with Crippen LogP contribution in [0.1, 0.15) is 24.3 Å². The molecular formula is C13H14FN3O. The Labute approximate surface area is 104 Å². The van der Waals surface area contributed by atoms with E-state index in [0.717, 1.165) is 5.56 Å². The van der Waals surface area contributed by atoms with Gasteiger partial charge in [0.1, 0.15) is 5.82 Å². The highest BCUT2D eigenvalue weighted by Gasteiger charge is 2.21. The lowest BCUT2D eigenvalue weighted by atomic mass is 10.1. The number of aryl methyl sites for hydroxylation is 1. The average molecular weight is 247 g/mol. The van der Waals surface area contributed by atoms with Gasteiger partial charge >= 0.3 is 0 Å². The Bertz CT molecular complexity index is 543. The van der Waals surface area contributed by atoms with Gasteiger partial charge in [-0.1, -0.05) is 5.16 Å². The first kappa shape index (κ1) is 11.3. The standard InChI is InChI=1S/C13H14FN3O/c1-8-4-9(6-10(14)5-8)13-16-12(18-17-13)7-15-11-2-3-11/h4-6,11,15H,2-3,7H2,1H3. The molecule has 1 saturated carbocycles. The molecule has 5 heteroatoms. The van der Waals surface area contributed by atoms with Gasteiger partial charge in [-0.05, 0) is 43.5 Å². The van der Waals surface area contributed by atoms with Crippen molar-refractivity contribution in [1.82, 2.24) is 15.5 Å². The van der Waals surface area contributed by atoms with Crippen LogP contribution in [-0.4, -0.2) is 16.2 Å². The second-order valence-electron chi connectivity index (χ2n) is 4.68. The van der Waals surface area contributed by atoms with E-state index in [9.17, 15) is 4.39 Å². The van der Waals surface area contributed by atoms with E-state index in [1.54, 1.807) is 0 Å². The first-order valence-corrected chi connectivity index (χ1v) is 6.04. The Morgan fingerprint density at radius 1 is 1.39 bits per heavy atom. The van der Waals surface area contributed by atoms with E-state index in [-0.39, 0.29) is 5.82 Å². The molecule has 1 aliphatic carbocycles. The number of nitrogens with zero attached hydrogens (tertiary/aromatic N) is 2. The summed E-state index contributed by atoms with van der Waals surface area (Å²) in [6.07, 6.45) is 2.42. The predicted molar refractivity (Wildman–Crippen MR) is 64.3 cm³/mol. The molecular weight excluding hydrogens is 233 g/mol. The van der Waals surface area contributed by atoms with Crippen molar-refractivity contribution >= 4 is 0 Å². The molecule has 2 aromatic rings. The lowest BCUT2D eigenvalue weighted by Crippen LogP contribution is -2.15. The molecule has 0 amide bonds. The highest BCUT2D eigenvalue weighted by Crippen LogP contribution is 2.21. The maximum atomic E-state index is 13.3. The number of benzene rings is 1. The summed E-state index contributed by atoms with van der Waals surface area (Å²) < 4.78 is 18.4. The van der Waals surface area contributed by atoms with Crippen molar-refractivity contribution in [3.63, 3.8) is 0 Å². The summed E-state index contributed by atoms with van der Waals surface area (Å²) in [5.41, 5.74) is 1.49. The fourth-order valence-electron chi connectivity index (χ4n) is 1.83. The van der Waals surface area contributed by atoms with E-state index in [2.05, 4.69) is 15.5 Å². The summed E-state index contributed by atoms with van der Waals surface area (Å²) in [6.45, 7) is 2.41. The van der Waals surface area contributed by atoms with Gasteiger partial charge in [0.15, 0.2) is 0 Å². The quantitative estimate of drug-likeness (QED) is 0.901. The van der Waals surface area contributed by atoms with Crippen LogP contribution in [0.15, 0.2) is 22.7 Å². The number of aromatic nitrogens is 2. The van der Waals surface area contributed by atoms with Crippen LogP contribution in [0.2, 0.25) is 0 Å². The van der Waals surface area contributed by atoms with Crippen molar-refractivity contribution in [2.45, 2.75) is 32.4 Å². The van der Waals surface area contributed by atoms with Gasteiger partial charge in [0.25, 0.3) is 0 Å². The summed E-state index contributed by atoms with van der Waals surface area (Å²) in [6, 6.07) is 5.32. The minimum Gasteiger partial charge on any atom is -0.338 e. The smallest absolute Gasteiger partial charge is 0.240 e. The molecule has 0 bridgehead atoms. The maximum Gasteiger partial charge on any atom is 0.240 e. The van der Waals surface area contributed by atoms with Gasteiger partial charge in [0, 0.05) is 11.6 Å². The van der Waals surface area contributed by atoms with Gasteiger partial charge < -0.3 is 9.84 Å². The van der Waals surface area contributed by atoms with Crippen molar-refractivity contribution in [2.75, 3.05) is 0 Å². The van der Waals surface area contributed by atoms with Crippen molar-refractivity contribution in [3.8, 4) is 11.4 Å². The third kappa shape index (κ3) is 2.56. The second-order valence-corrected chi connectivity index (χ2v) is 4.68. The summed E-state index contributed by atoms with van der Waals surface area (Å²) in [4.78, 5) is 4.26. The van der Waals surface area contributed by atoms with Crippen molar-refractivity contribution in [1.29, 1.82) is 0 Å². The lowest BCUT2D eigenvalue weighted by Gasteiger charge is -1.97. The van der Waals surface area contributed by atoms with Gasteiger partial charge in [-0.15, -0.1) is 0 Å². The third-order valence-electron chi connectivity index (χ3n) is 2.89. The van der Waals surface area contributed by atoms with Crippen LogP contribution in [0.3, 0.4) is 0 Å². The van der Waals surface area contributed by atoms with E-state index in [4.69, 9.17) is 4.52 Å². The van der Waals surface area contributed by atoms with Crippen molar-refractivity contribution in [3.05, 3.63) is 35.5 Å². The molecule has 0 unspecified atom stereocenters. The Morgan fingerprint density at radius 3 is 2.94 bits per heavy atom. The average Bonchev–Trinajstić information content (AvgIpc) is 3.02. The zero-order valence-corrected chi connectivity index (χ0v) is 10.1. The van der Waals surface area contributed by atoms with E-state index < -0.39 is 0 Å². The first-order chi connectivity index (χ1) is 8.70. The minimum absolute atomic E-state index is 0.285. The molecule has 0 saturated heterocycles. The molecule has 94 valence electrons. The number of hydrogen-bond donors (Lipinski definition) is 1. The van der Waals surface area contributed by atoms with E-state index >= 15 is 0 Å². The topological polar surface area (TPSA) is 51.0 Å². The maximum absolute atomic E-state index is 13.3. The summed E-state index contributed by atoms with van der Waals surface area (Å²) in [5.74, 6) is 0.691. The summed E-state index contributed by atoms with van der Waals surface area (Å²) in [7, 11) is 0. The molecule has 0 atom stereocenters. The minimum atomic E-state index is -0.285. The number of hydrogen-bond acceptors (Lipinski definition) is 4. The van der Waals surface area contributed by atoms with E-state index in [1.165, 1.54) is 25.0 Å². The van der Waals surface area contributed by atoms with Crippen LogP contribution in [0.5, 0.6) is 0 Å². The molecule has 0 radical (unpaired) electrons. The molecule has 18 heavy (non-hydrogen) atoms. The zero-order valence-electron chi connectivity index (χ0n) is 10.1. The Morgan fingerprint density at radius 2 is 2.22 bits per heavy atom. The second kappa shape index (κ2) is 4.49. The molecule has 1 fully saturated rings. The van der Waals surface area contributed by atoms with Crippen molar-refractivity contribution in [2.24, 2.45) is 0 Å². The fraction of sp³-hybridized carbons (Fsp3) is 0.385. The van der Waals surface area contributed by atoms with E-state index in [1.807, 2.05) is 13.0 Å². The van der Waals surface area contributed by atoms with Crippen LogP contribution in [0, 0.1) is 12.7 Å². The normalized spacial score (nSPS) is 15.0. The van der Waals surface area contributed by atoms with Gasteiger partial charge in [-0.2, -0.15) is 4.98 Å². The van der Waals surface area contributed by atoms with Crippen LogP contribution in [0.25, 0.3) is 11.4 Å². The van der Waals surface area contributed by atoms with Gasteiger partial charge in [0.2, 0.25) is 11.7 Å². The van der Waals surface area contributed by atoms with Gasteiger partial charge in [0.05, 0.1) is 6.54 Å². The summed E-state index contributed by atoms with van der Waals surface area (Å²) in [5, 5.41) is 7.16.